The molecule has 2 rings (SSSR count). The topological polar surface area (TPSA) is 82.0 Å². The minimum Gasteiger partial charge on any atom is -0.391 e. The number of benzene rings is 1. The maximum absolute atomic E-state index is 12.2. The van der Waals surface area contributed by atoms with Crippen molar-refractivity contribution in [1.29, 1.82) is 0 Å². The van der Waals surface area contributed by atoms with E-state index in [0.717, 1.165) is 31.0 Å². The SMILES string of the molecule is CCNC(=NCCCS(=O)(=O)Cc1ccccc1)N1CC[C@@H](O)C1.I. The average molecular weight is 481 g/mol. The van der Waals surface area contributed by atoms with Crippen LogP contribution in [0, 0.1) is 0 Å². The van der Waals surface area contributed by atoms with Gasteiger partial charge in [0.05, 0.1) is 17.6 Å². The van der Waals surface area contributed by atoms with Crippen LogP contribution >= 0.6 is 24.0 Å². The van der Waals surface area contributed by atoms with Crippen molar-refractivity contribution in [3.8, 4) is 0 Å². The minimum atomic E-state index is -3.12. The Morgan fingerprint density at radius 3 is 2.68 bits per heavy atom. The van der Waals surface area contributed by atoms with Gasteiger partial charge in [-0.3, -0.25) is 4.99 Å². The molecular weight excluding hydrogens is 453 g/mol. The summed E-state index contributed by atoms with van der Waals surface area (Å²) in [6, 6.07) is 9.24. The summed E-state index contributed by atoms with van der Waals surface area (Å²) in [7, 11) is -3.12. The Balaban J connectivity index is 0.00000312. The van der Waals surface area contributed by atoms with Crippen LogP contribution in [0.1, 0.15) is 25.3 Å². The molecule has 0 radical (unpaired) electrons. The summed E-state index contributed by atoms with van der Waals surface area (Å²) in [6.07, 6.45) is 0.941. The molecule has 6 nitrogen and oxygen atoms in total. The van der Waals surface area contributed by atoms with Gasteiger partial charge in [-0.15, -0.1) is 24.0 Å². The predicted molar refractivity (Wildman–Crippen MR) is 112 cm³/mol. The second kappa shape index (κ2) is 11.0. The van der Waals surface area contributed by atoms with Crippen LogP contribution in [0.5, 0.6) is 0 Å². The number of hydrogen-bond acceptors (Lipinski definition) is 4. The third kappa shape index (κ3) is 7.91. The number of hydrogen-bond donors (Lipinski definition) is 2. The second-order valence-corrected chi connectivity index (χ2v) is 8.24. The molecule has 1 aromatic rings. The van der Waals surface area contributed by atoms with E-state index in [0.29, 0.717) is 19.5 Å². The Bertz CT molecular complexity index is 638. The fourth-order valence-corrected chi connectivity index (χ4v) is 4.14. The Morgan fingerprint density at radius 1 is 1.36 bits per heavy atom. The first-order chi connectivity index (χ1) is 11.5. The van der Waals surface area contributed by atoms with Gasteiger partial charge in [0.15, 0.2) is 15.8 Å². The number of aliphatic hydroxyl groups is 1. The quantitative estimate of drug-likeness (QED) is 0.268. The molecule has 1 aliphatic heterocycles. The lowest BCUT2D eigenvalue weighted by Crippen LogP contribution is -2.40. The normalized spacial score (nSPS) is 18.1. The molecule has 142 valence electrons. The summed E-state index contributed by atoms with van der Waals surface area (Å²) in [4.78, 5) is 6.52. The largest absolute Gasteiger partial charge is 0.391 e. The Kier molecular flexibility index (Phi) is 9.73. The van der Waals surface area contributed by atoms with Gasteiger partial charge in [0, 0.05) is 26.2 Å². The molecule has 0 aromatic heterocycles. The summed E-state index contributed by atoms with van der Waals surface area (Å²) in [6.45, 7) is 4.56. The number of aliphatic imine (C=N–C) groups is 1. The minimum absolute atomic E-state index is 0. The number of nitrogens with one attached hydrogen (secondary N) is 1. The van der Waals surface area contributed by atoms with Crippen LogP contribution < -0.4 is 5.32 Å². The molecule has 1 saturated heterocycles. The van der Waals surface area contributed by atoms with Gasteiger partial charge in [0.25, 0.3) is 0 Å². The molecule has 1 aliphatic rings. The van der Waals surface area contributed by atoms with Crippen LogP contribution in [0.15, 0.2) is 35.3 Å². The van der Waals surface area contributed by atoms with Crippen molar-refractivity contribution in [3.05, 3.63) is 35.9 Å². The number of nitrogens with zero attached hydrogens (tertiary/aromatic N) is 2. The molecule has 1 aromatic carbocycles. The number of guanidine groups is 1. The van der Waals surface area contributed by atoms with E-state index in [1.54, 1.807) is 0 Å². The zero-order valence-corrected chi connectivity index (χ0v) is 17.7. The molecule has 0 amide bonds. The number of likely N-dealkylation sites (tertiary alicyclic amines) is 1. The lowest BCUT2D eigenvalue weighted by Gasteiger charge is -2.20. The first-order valence-electron chi connectivity index (χ1n) is 8.46. The first-order valence-corrected chi connectivity index (χ1v) is 10.3. The number of halogens is 1. The Hall–Kier alpha value is -0.870. The van der Waals surface area contributed by atoms with Gasteiger partial charge in [0.1, 0.15) is 0 Å². The zero-order valence-electron chi connectivity index (χ0n) is 14.6. The molecule has 1 atom stereocenters. The third-order valence-corrected chi connectivity index (χ3v) is 5.59. The number of β-amino-alcohol motifs (C(OH)–C–C–N with tert-alkyl or cyclic N) is 1. The van der Waals surface area contributed by atoms with E-state index in [-0.39, 0.29) is 41.6 Å². The van der Waals surface area contributed by atoms with Gasteiger partial charge in [-0.1, -0.05) is 30.3 Å². The number of sulfone groups is 1. The van der Waals surface area contributed by atoms with Crippen molar-refractivity contribution in [2.24, 2.45) is 4.99 Å². The van der Waals surface area contributed by atoms with E-state index >= 15 is 0 Å². The molecule has 0 unspecified atom stereocenters. The molecule has 0 aliphatic carbocycles. The molecular formula is C17H28IN3O3S. The summed E-state index contributed by atoms with van der Waals surface area (Å²) in [5, 5.41) is 12.8. The van der Waals surface area contributed by atoms with Crippen molar-refractivity contribution in [2.75, 3.05) is 31.9 Å². The van der Waals surface area contributed by atoms with Crippen LogP contribution in [0.2, 0.25) is 0 Å². The van der Waals surface area contributed by atoms with Gasteiger partial charge < -0.3 is 15.3 Å². The van der Waals surface area contributed by atoms with Crippen molar-refractivity contribution in [3.63, 3.8) is 0 Å². The maximum atomic E-state index is 12.2. The van der Waals surface area contributed by atoms with Crippen LogP contribution in [-0.2, 0) is 15.6 Å². The molecule has 0 spiro atoms. The lowest BCUT2D eigenvalue weighted by molar-refractivity contribution is 0.188. The monoisotopic (exact) mass is 481 g/mol. The van der Waals surface area contributed by atoms with Crippen molar-refractivity contribution >= 4 is 39.8 Å². The summed E-state index contributed by atoms with van der Waals surface area (Å²) in [5.41, 5.74) is 0.820. The van der Waals surface area contributed by atoms with Crippen LogP contribution in [0.4, 0.5) is 0 Å². The van der Waals surface area contributed by atoms with Gasteiger partial charge in [-0.25, -0.2) is 8.42 Å². The fraction of sp³-hybridized carbons (Fsp3) is 0.588. The Labute approximate surface area is 167 Å². The van der Waals surface area contributed by atoms with E-state index in [1.807, 2.05) is 42.2 Å². The van der Waals surface area contributed by atoms with Crippen LogP contribution in [-0.4, -0.2) is 62.4 Å². The smallest absolute Gasteiger partial charge is 0.194 e. The first kappa shape index (κ1) is 22.2. The third-order valence-electron chi connectivity index (χ3n) is 3.90. The summed E-state index contributed by atoms with van der Waals surface area (Å²) in [5.74, 6) is 0.970. The lowest BCUT2D eigenvalue weighted by atomic mass is 10.2. The second-order valence-electron chi connectivity index (χ2n) is 6.06. The number of aliphatic hydroxyl groups excluding tert-OH is 1. The van der Waals surface area contributed by atoms with Gasteiger partial charge >= 0.3 is 0 Å². The standard InChI is InChI=1S/C17H27N3O3S.HI/c1-2-18-17(20-11-9-16(21)13-20)19-10-6-12-24(22,23)14-15-7-4-3-5-8-15;/h3-5,7-8,16,21H,2,6,9-14H2,1H3,(H,18,19);1H/t16-;/m1./s1. The van der Waals surface area contributed by atoms with E-state index in [2.05, 4.69) is 10.3 Å². The van der Waals surface area contributed by atoms with Crippen molar-refractivity contribution < 1.29 is 13.5 Å². The van der Waals surface area contributed by atoms with Gasteiger partial charge in [-0.2, -0.15) is 0 Å². The van der Waals surface area contributed by atoms with Crippen LogP contribution in [0.3, 0.4) is 0 Å². The highest BCUT2D eigenvalue weighted by Gasteiger charge is 2.22. The molecule has 1 fully saturated rings. The highest BCUT2D eigenvalue weighted by Crippen LogP contribution is 2.10. The molecule has 0 bridgehead atoms. The summed E-state index contributed by atoms with van der Waals surface area (Å²) < 4.78 is 24.3. The average Bonchev–Trinajstić information content (AvgIpc) is 2.97. The summed E-state index contributed by atoms with van der Waals surface area (Å²) >= 11 is 0. The van der Waals surface area contributed by atoms with Gasteiger partial charge in [0.2, 0.25) is 0 Å². The van der Waals surface area contributed by atoms with Crippen LogP contribution in [0.25, 0.3) is 0 Å². The predicted octanol–water partition coefficient (Wildman–Crippen LogP) is 1.64. The fourth-order valence-electron chi connectivity index (χ4n) is 2.73. The van der Waals surface area contributed by atoms with E-state index in [4.69, 9.17) is 0 Å². The maximum Gasteiger partial charge on any atom is 0.194 e. The molecule has 0 saturated carbocycles. The highest BCUT2D eigenvalue weighted by atomic mass is 127. The van der Waals surface area contributed by atoms with E-state index in [9.17, 15) is 13.5 Å². The van der Waals surface area contributed by atoms with E-state index < -0.39 is 9.84 Å². The molecule has 8 heteroatoms. The molecule has 2 N–H and O–H groups in total. The van der Waals surface area contributed by atoms with E-state index in [1.165, 1.54) is 0 Å². The zero-order chi connectivity index (χ0) is 17.4. The number of rotatable bonds is 7. The molecule has 25 heavy (non-hydrogen) atoms. The van der Waals surface area contributed by atoms with Crippen molar-refractivity contribution in [1.82, 2.24) is 10.2 Å². The van der Waals surface area contributed by atoms with Gasteiger partial charge in [-0.05, 0) is 25.3 Å². The Morgan fingerprint density at radius 2 is 2.08 bits per heavy atom. The van der Waals surface area contributed by atoms with Crippen molar-refractivity contribution in [2.45, 2.75) is 31.6 Å². The highest BCUT2D eigenvalue weighted by molar-refractivity contribution is 14.0. The molecule has 1 heterocycles.